The van der Waals surface area contributed by atoms with E-state index >= 15 is 0 Å². The summed E-state index contributed by atoms with van der Waals surface area (Å²) in [4.78, 5) is 23.0. The first kappa shape index (κ1) is 14.6. The van der Waals surface area contributed by atoms with E-state index in [1.165, 1.54) is 24.1 Å². The third-order valence-corrected chi connectivity index (χ3v) is 3.37. The number of methoxy groups -OCH3 is 1. The number of nitrogens with zero attached hydrogens (tertiary/aromatic N) is 2. The quantitative estimate of drug-likeness (QED) is 0.800. The molecule has 5 nitrogen and oxygen atoms in total. The first-order chi connectivity index (χ1) is 9.43. The molecule has 0 N–H and O–H groups in total. The lowest BCUT2D eigenvalue weighted by molar-refractivity contribution is 0.0590. The highest BCUT2D eigenvalue weighted by Crippen LogP contribution is 2.26. The summed E-state index contributed by atoms with van der Waals surface area (Å²) in [6.45, 7) is 1.82. The highest BCUT2D eigenvalue weighted by Gasteiger charge is 2.15. The number of hydrogen-bond acceptors (Lipinski definition) is 4. The minimum absolute atomic E-state index is 0.317. The van der Waals surface area contributed by atoms with Crippen LogP contribution in [0, 0.1) is 6.92 Å². The van der Waals surface area contributed by atoms with Crippen molar-refractivity contribution in [3.05, 3.63) is 55.9 Å². The van der Waals surface area contributed by atoms with Gasteiger partial charge in [-0.15, -0.1) is 0 Å². The number of aryl methyl sites for hydroxylation is 1. The van der Waals surface area contributed by atoms with Crippen LogP contribution in [0.25, 0.3) is 5.69 Å². The molecule has 0 unspecified atom stereocenters. The predicted octanol–water partition coefficient (Wildman–Crippen LogP) is 2.63. The number of aromatic nitrogens is 2. The van der Waals surface area contributed by atoms with Crippen LogP contribution in [0.1, 0.15) is 16.1 Å². The second-order valence-electron chi connectivity index (χ2n) is 4.02. The second-order valence-corrected chi connectivity index (χ2v) is 4.83. The molecule has 2 aromatic rings. The number of carbonyl (C=O) groups excluding carboxylic acids is 1. The Bertz CT molecular complexity index is 741. The van der Waals surface area contributed by atoms with Crippen molar-refractivity contribution in [2.75, 3.05) is 7.11 Å². The van der Waals surface area contributed by atoms with Gasteiger partial charge in [0, 0.05) is 17.3 Å². The lowest BCUT2D eigenvalue weighted by Crippen LogP contribution is -2.21. The molecule has 0 saturated carbocycles. The van der Waals surface area contributed by atoms with Gasteiger partial charge in [0.1, 0.15) is 0 Å². The van der Waals surface area contributed by atoms with Crippen LogP contribution in [-0.4, -0.2) is 22.9 Å². The monoisotopic (exact) mass is 312 g/mol. The van der Waals surface area contributed by atoms with Gasteiger partial charge in [-0.2, -0.15) is 5.10 Å². The Balaban J connectivity index is 2.62. The Morgan fingerprint density at radius 3 is 2.65 bits per heavy atom. The highest BCUT2D eigenvalue weighted by atomic mass is 35.5. The first-order valence-electron chi connectivity index (χ1n) is 5.58. The Hall–Kier alpha value is -1.85. The molecule has 0 atom stereocenters. The molecule has 0 saturated heterocycles. The van der Waals surface area contributed by atoms with Crippen molar-refractivity contribution >= 4 is 29.2 Å². The van der Waals surface area contributed by atoms with E-state index in [0.717, 1.165) is 5.56 Å². The molecule has 2 rings (SSSR count). The van der Waals surface area contributed by atoms with Crippen LogP contribution in [0.5, 0.6) is 0 Å². The van der Waals surface area contributed by atoms with E-state index in [4.69, 9.17) is 23.2 Å². The van der Waals surface area contributed by atoms with Crippen molar-refractivity contribution in [1.82, 2.24) is 9.78 Å². The van der Waals surface area contributed by atoms with E-state index < -0.39 is 11.4 Å². The number of esters is 1. The van der Waals surface area contributed by atoms with Gasteiger partial charge in [0.15, 0.2) is 0 Å². The number of carbonyl (C=O) groups is 1. The van der Waals surface area contributed by atoms with Crippen LogP contribution in [0.4, 0.5) is 0 Å². The average molecular weight is 313 g/mol. The van der Waals surface area contributed by atoms with E-state index in [1.54, 1.807) is 12.1 Å². The molecule has 0 amide bonds. The van der Waals surface area contributed by atoms with Crippen molar-refractivity contribution in [2.45, 2.75) is 6.92 Å². The molecule has 1 heterocycles. The molecule has 0 bridgehead atoms. The van der Waals surface area contributed by atoms with Gasteiger partial charge in [-0.05, 0) is 24.6 Å². The summed E-state index contributed by atoms with van der Waals surface area (Å²) in [5.41, 5.74) is 0.437. The number of ether oxygens (including phenoxy) is 1. The zero-order valence-electron chi connectivity index (χ0n) is 10.7. The van der Waals surface area contributed by atoms with Gasteiger partial charge in [0.05, 0.1) is 17.8 Å². The van der Waals surface area contributed by atoms with Crippen molar-refractivity contribution < 1.29 is 9.53 Å². The van der Waals surface area contributed by atoms with Gasteiger partial charge in [-0.1, -0.05) is 23.2 Å². The molecule has 0 aliphatic rings. The molecule has 1 aromatic carbocycles. The fourth-order valence-corrected chi connectivity index (χ4v) is 2.05. The molecule has 104 valence electrons. The van der Waals surface area contributed by atoms with Crippen LogP contribution in [0.2, 0.25) is 10.0 Å². The van der Waals surface area contributed by atoms with Crippen molar-refractivity contribution in [2.24, 2.45) is 0 Å². The van der Waals surface area contributed by atoms with Gasteiger partial charge >= 0.3 is 5.97 Å². The Morgan fingerprint density at radius 1 is 1.30 bits per heavy atom. The lowest BCUT2D eigenvalue weighted by atomic mass is 10.2. The summed E-state index contributed by atoms with van der Waals surface area (Å²) >= 11 is 12.2. The van der Waals surface area contributed by atoms with Gasteiger partial charge in [0.2, 0.25) is 11.1 Å². The third-order valence-electron chi connectivity index (χ3n) is 2.66. The van der Waals surface area contributed by atoms with Crippen LogP contribution >= 0.6 is 23.2 Å². The summed E-state index contributed by atoms with van der Waals surface area (Å²) in [6.07, 6.45) is 1.40. The molecule has 0 aliphatic carbocycles. The van der Waals surface area contributed by atoms with E-state index in [0.29, 0.717) is 15.7 Å². The smallest absolute Gasteiger partial charge is 0.362 e. The summed E-state index contributed by atoms with van der Waals surface area (Å²) < 4.78 is 5.81. The van der Waals surface area contributed by atoms with Crippen molar-refractivity contribution in [1.29, 1.82) is 0 Å². The zero-order valence-corrected chi connectivity index (χ0v) is 12.2. The molecular weight excluding hydrogens is 303 g/mol. The normalized spacial score (nSPS) is 10.4. The predicted molar refractivity (Wildman–Crippen MR) is 75.9 cm³/mol. The minimum Gasteiger partial charge on any atom is -0.464 e. The molecule has 0 radical (unpaired) electrons. The maximum Gasteiger partial charge on any atom is 0.362 e. The van der Waals surface area contributed by atoms with Crippen molar-refractivity contribution in [3.63, 3.8) is 0 Å². The fraction of sp³-hybridized carbons (Fsp3) is 0.154. The molecule has 0 aliphatic heterocycles. The first-order valence-corrected chi connectivity index (χ1v) is 6.34. The third kappa shape index (κ3) is 2.69. The van der Waals surface area contributed by atoms with Crippen LogP contribution in [0.3, 0.4) is 0 Å². The fourth-order valence-electron chi connectivity index (χ4n) is 1.59. The van der Waals surface area contributed by atoms with Crippen LogP contribution < -0.4 is 5.43 Å². The van der Waals surface area contributed by atoms with Gasteiger partial charge in [-0.25, -0.2) is 9.48 Å². The molecule has 7 heteroatoms. The Kier molecular flexibility index (Phi) is 4.11. The van der Waals surface area contributed by atoms with Gasteiger partial charge in [0.25, 0.3) is 0 Å². The average Bonchev–Trinajstić information content (AvgIpc) is 2.43. The number of hydrogen-bond donors (Lipinski definition) is 0. The van der Waals surface area contributed by atoms with E-state index in [2.05, 4.69) is 9.84 Å². The molecule has 0 spiro atoms. The highest BCUT2D eigenvalue weighted by molar-refractivity contribution is 6.35. The van der Waals surface area contributed by atoms with Gasteiger partial charge in [-0.3, -0.25) is 4.79 Å². The largest absolute Gasteiger partial charge is 0.464 e. The molecule has 0 fully saturated rings. The van der Waals surface area contributed by atoms with Crippen molar-refractivity contribution in [3.8, 4) is 5.69 Å². The molecular formula is C13H10Cl2N2O3. The zero-order chi connectivity index (χ0) is 14.9. The standard InChI is InChI=1S/C13H10Cl2N2O3/c1-7-5-9(15)10(6-8(7)14)17-4-3-11(18)12(16-17)13(19)20-2/h3-6H,1-2H3. The number of rotatable bonds is 2. The molecule has 20 heavy (non-hydrogen) atoms. The maximum atomic E-state index is 11.6. The Morgan fingerprint density at radius 2 is 2.00 bits per heavy atom. The second kappa shape index (κ2) is 5.64. The van der Waals surface area contributed by atoms with E-state index in [-0.39, 0.29) is 5.69 Å². The van der Waals surface area contributed by atoms with Gasteiger partial charge < -0.3 is 4.74 Å². The maximum absolute atomic E-state index is 11.6. The number of halogens is 2. The lowest BCUT2D eigenvalue weighted by Gasteiger charge is -2.10. The van der Waals surface area contributed by atoms with Crippen LogP contribution in [0.15, 0.2) is 29.2 Å². The summed E-state index contributed by atoms with van der Waals surface area (Å²) in [7, 11) is 1.18. The summed E-state index contributed by atoms with van der Waals surface area (Å²) in [5.74, 6) is -0.807. The Labute approximate surface area is 124 Å². The SMILES string of the molecule is COC(=O)c1nn(-c2cc(Cl)c(C)cc2Cl)ccc1=O. The summed E-state index contributed by atoms with van der Waals surface area (Å²) in [6, 6.07) is 4.50. The summed E-state index contributed by atoms with van der Waals surface area (Å²) in [5, 5.41) is 4.84. The van der Waals surface area contributed by atoms with E-state index in [1.807, 2.05) is 6.92 Å². The van der Waals surface area contributed by atoms with Crippen LogP contribution in [-0.2, 0) is 4.74 Å². The number of benzene rings is 1. The molecule has 1 aromatic heterocycles. The minimum atomic E-state index is -0.807. The topological polar surface area (TPSA) is 61.2 Å². The van der Waals surface area contributed by atoms with E-state index in [9.17, 15) is 9.59 Å².